The number of rotatable bonds is 5. The quantitative estimate of drug-likeness (QED) is 0.824. The van der Waals surface area contributed by atoms with Gasteiger partial charge in [0.25, 0.3) is 0 Å². The molecule has 3 rings (SSSR count). The molecule has 1 amide bonds. The molecule has 0 fully saturated rings. The standard InChI is InChI=1S/C16H20F3N7O/c1-4-11-14(27)23-12-9(2)22-15(24-13(12)25(11)3)20-5-10-6-21-26(7-10)8-16(17,18)19/h6-7,11H,4-5,8H2,1-3H3,(H,23,27)(H,20,22,24)/t11-/m0/s1. The van der Waals surface area contributed by atoms with Gasteiger partial charge in [-0.25, -0.2) is 4.98 Å². The van der Waals surface area contributed by atoms with Crippen molar-refractivity contribution in [2.75, 3.05) is 22.6 Å². The van der Waals surface area contributed by atoms with E-state index in [1.54, 1.807) is 18.9 Å². The van der Waals surface area contributed by atoms with Crippen LogP contribution in [-0.4, -0.2) is 44.9 Å². The summed E-state index contributed by atoms with van der Waals surface area (Å²) in [5, 5.41) is 9.53. The molecule has 1 aliphatic heterocycles. The molecule has 1 aliphatic rings. The zero-order chi connectivity index (χ0) is 19.8. The fraction of sp³-hybridized carbons (Fsp3) is 0.500. The summed E-state index contributed by atoms with van der Waals surface area (Å²) in [7, 11) is 1.79. The number of halogens is 3. The lowest BCUT2D eigenvalue weighted by Gasteiger charge is -2.34. The Bertz CT molecular complexity index is 849. The van der Waals surface area contributed by atoms with Gasteiger partial charge < -0.3 is 15.5 Å². The highest BCUT2D eigenvalue weighted by molar-refractivity contribution is 6.03. The summed E-state index contributed by atoms with van der Waals surface area (Å²) in [6, 6.07) is -0.319. The number of alkyl halides is 3. The number of nitrogens with one attached hydrogen (secondary N) is 2. The van der Waals surface area contributed by atoms with E-state index in [1.165, 1.54) is 12.4 Å². The Hall–Kier alpha value is -2.85. The van der Waals surface area contributed by atoms with Gasteiger partial charge in [0, 0.05) is 25.4 Å². The van der Waals surface area contributed by atoms with Crippen molar-refractivity contribution in [3.05, 3.63) is 23.7 Å². The Morgan fingerprint density at radius 3 is 2.74 bits per heavy atom. The maximum absolute atomic E-state index is 12.4. The molecule has 1 atom stereocenters. The molecular formula is C16H20F3N7O. The molecule has 2 aromatic rings. The van der Waals surface area contributed by atoms with Crippen LogP contribution in [0.2, 0.25) is 0 Å². The van der Waals surface area contributed by atoms with Crippen molar-refractivity contribution in [3.8, 4) is 0 Å². The van der Waals surface area contributed by atoms with Crippen molar-refractivity contribution >= 4 is 23.4 Å². The molecule has 2 N–H and O–H groups in total. The normalized spacial score (nSPS) is 16.9. The number of carbonyl (C=O) groups excluding carboxylic acids is 1. The molecule has 146 valence electrons. The predicted molar refractivity (Wildman–Crippen MR) is 93.5 cm³/mol. The Labute approximate surface area is 153 Å². The van der Waals surface area contributed by atoms with E-state index in [4.69, 9.17) is 0 Å². The number of hydrogen-bond donors (Lipinski definition) is 2. The highest BCUT2D eigenvalue weighted by Gasteiger charge is 2.32. The van der Waals surface area contributed by atoms with Crippen LogP contribution in [0.25, 0.3) is 0 Å². The lowest BCUT2D eigenvalue weighted by Crippen LogP contribution is -2.46. The van der Waals surface area contributed by atoms with Crippen LogP contribution >= 0.6 is 0 Å². The Morgan fingerprint density at radius 1 is 1.33 bits per heavy atom. The van der Waals surface area contributed by atoms with Gasteiger partial charge in [-0.2, -0.15) is 23.3 Å². The molecule has 0 saturated heterocycles. The number of hydrogen-bond acceptors (Lipinski definition) is 6. The van der Waals surface area contributed by atoms with Gasteiger partial charge >= 0.3 is 6.18 Å². The molecule has 0 bridgehead atoms. The largest absolute Gasteiger partial charge is 0.408 e. The summed E-state index contributed by atoms with van der Waals surface area (Å²) in [4.78, 5) is 22.7. The lowest BCUT2D eigenvalue weighted by atomic mass is 10.1. The second-order valence-electron chi connectivity index (χ2n) is 6.37. The molecule has 0 spiro atoms. The number of nitrogens with zero attached hydrogens (tertiary/aromatic N) is 5. The third kappa shape index (κ3) is 4.12. The molecule has 0 saturated carbocycles. The summed E-state index contributed by atoms with van der Waals surface area (Å²) in [6.45, 7) is 2.76. The first kappa shape index (κ1) is 18.9. The summed E-state index contributed by atoms with van der Waals surface area (Å²) in [5.41, 5.74) is 1.74. The third-order valence-corrected chi connectivity index (χ3v) is 4.29. The second kappa shape index (κ2) is 7.05. The smallest absolute Gasteiger partial charge is 0.350 e. The number of aryl methyl sites for hydroxylation is 1. The highest BCUT2D eigenvalue weighted by Crippen LogP contribution is 2.33. The molecule has 0 radical (unpaired) electrons. The van der Waals surface area contributed by atoms with Crippen LogP contribution in [0.1, 0.15) is 24.6 Å². The van der Waals surface area contributed by atoms with Gasteiger partial charge in [0.1, 0.15) is 18.3 Å². The van der Waals surface area contributed by atoms with Gasteiger partial charge in [0.15, 0.2) is 5.82 Å². The summed E-state index contributed by atoms with van der Waals surface area (Å²) in [5.74, 6) is 0.828. The van der Waals surface area contributed by atoms with Crippen LogP contribution in [-0.2, 0) is 17.9 Å². The van der Waals surface area contributed by atoms with Crippen molar-refractivity contribution in [2.24, 2.45) is 0 Å². The van der Waals surface area contributed by atoms with Gasteiger partial charge in [-0.1, -0.05) is 6.92 Å². The highest BCUT2D eigenvalue weighted by atomic mass is 19.4. The minimum atomic E-state index is -4.32. The van der Waals surface area contributed by atoms with E-state index in [1.807, 2.05) is 6.92 Å². The number of aromatic nitrogens is 4. The zero-order valence-electron chi connectivity index (χ0n) is 15.1. The van der Waals surface area contributed by atoms with E-state index in [2.05, 4.69) is 25.7 Å². The maximum Gasteiger partial charge on any atom is 0.408 e. The monoisotopic (exact) mass is 383 g/mol. The molecular weight excluding hydrogens is 363 g/mol. The van der Waals surface area contributed by atoms with Crippen LogP contribution in [0.15, 0.2) is 12.4 Å². The van der Waals surface area contributed by atoms with Crippen LogP contribution in [0.3, 0.4) is 0 Å². The first-order valence-electron chi connectivity index (χ1n) is 8.42. The average molecular weight is 383 g/mol. The Morgan fingerprint density at radius 2 is 2.07 bits per heavy atom. The van der Waals surface area contributed by atoms with Gasteiger partial charge in [0.05, 0.1) is 11.9 Å². The third-order valence-electron chi connectivity index (χ3n) is 4.29. The van der Waals surface area contributed by atoms with Crippen LogP contribution in [0.4, 0.5) is 30.6 Å². The molecule has 8 nitrogen and oxygen atoms in total. The number of amides is 1. The molecule has 11 heteroatoms. The van der Waals surface area contributed by atoms with E-state index in [-0.39, 0.29) is 18.5 Å². The SMILES string of the molecule is CC[C@H]1C(=O)Nc2c(C)nc(NCc3cnn(CC(F)(F)F)c3)nc2N1C. The van der Waals surface area contributed by atoms with Crippen LogP contribution in [0.5, 0.6) is 0 Å². The second-order valence-corrected chi connectivity index (χ2v) is 6.37. The fourth-order valence-corrected chi connectivity index (χ4v) is 2.98. The molecule has 3 heterocycles. The zero-order valence-corrected chi connectivity index (χ0v) is 15.1. The number of anilines is 3. The minimum absolute atomic E-state index is 0.100. The van der Waals surface area contributed by atoms with Gasteiger partial charge in [-0.15, -0.1) is 0 Å². The van der Waals surface area contributed by atoms with Gasteiger partial charge in [-0.05, 0) is 13.3 Å². The van der Waals surface area contributed by atoms with Gasteiger partial charge in [-0.3, -0.25) is 9.48 Å². The summed E-state index contributed by atoms with van der Waals surface area (Å²) in [6.07, 6.45) is -0.999. The van der Waals surface area contributed by atoms with E-state index in [9.17, 15) is 18.0 Å². The maximum atomic E-state index is 12.4. The molecule has 0 aliphatic carbocycles. The van der Waals surface area contributed by atoms with Crippen molar-refractivity contribution in [1.82, 2.24) is 19.7 Å². The van der Waals surface area contributed by atoms with Crippen molar-refractivity contribution in [1.29, 1.82) is 0 Å². The Kier molecular flexibility index (Phi) is 4.94. The molecule has 0 aromatic carbocycles. The minimum Gasteiger partial charge on any atom is -0.350 e. The van der Waals surface area contributed by atoms with Crippen molar-refractivity contribution in [2.45, 2.75) is 45.6 Å². The lowest BCUT2D eigenvalue weighted by molar-refractivity contribution is -0.142. The fourth-order valence-electron chi connectivity index (χ4n) is 2.98. The molecule has 2 aromatic heterocycles. The summed E-state index contributed by atoms with van der Waals surface area (Å²) < 4.78 is 38.0. The van der Waals surface area contributed by atoms with E-state index < -0.39 is 12.7 Å². The van der Waals surface area contributed by atoms with Gasteiger partial charge in [0.2, 0.25) is 11.9 Å². The topological polar surface area (TPSA) is 88.0 Å². The number of fused-ring (bicyclic) bond motifs is 1. The molecule has 0 unspecified atom stereocenters. The average Bonchev–Trinajstić information content (AvgIpc) is 3.00. The van der Waals surface area contributed by atoms with E-state index >= 15 is 0 Å². The number of carbonyl (C=O) groups is 1. The summed E-state index contributed by atoms with van der Waals surface area (Å²) >= 11 is 0. The number of likely N-dealkylation sites (N-methyl/N-ethyl adjacent to an activating group) is 1. The first-order chi connectivity index (χ1) is 12.7. The van der Waals surface area contributed by atoms with E-state index in [0.29, 0.717) is 35.1 Å². The van der Waals surface area contributed by atoms with Crippen molar-refractivity contribution < 1.29 is 18.0 Å². The van der Waals surface area contributed by atoms with Crippen LogP contribution < -0.4 is 15.5 Å². The van der Waals surface area contributed by atoms with E-state index in [0.717, 1.165) is 4.68 Å². The van der Waals surface area contributed by atoms with Crippen LogP contribution in [0, 0.1) is 6.92 Å². The Balaban J connectivity index is 1.75. The first-order valence-corrected chi connectivity index (χ1v) is 8.42. The molecule has 27 heavy (non-hydrogen) atoms. The predicted octanol–water partition coefficient (Wildman–Crippen LogP) is 2.32. The van der Waals surface area contributed by atoms with Crippen molar-refractivity contribution in [3.63, 3.8) is 0 Å².